The monoisotopic (exact) mass is 291 g/mol. The van der Waals surface area contributed by atoms with E-state index in [-0.39, 0.29) is 0 Å². The number of fused-ring (bicyclic) bond motifs is 1. The summed E-state index contributed by atoms with van der Waals surface area (Å²) in [6.45, 7) is 0.434. The van der Waals surface area contributed by atoms with Crippen LogP contribution >= 0.6 is 15.9 Å². The molecule has 1 heterocycles. The van der Waals surface area contributed by atoms with Crippen LogP contribution < -0.4 is 5.73 Å². The molecule has 3 rings (SSSR count). The largest absolute Gasteiger partial charge is 0.335 e. The van der Waals surface area contributed by atoms with Gasteiger partial charge < -0.3 is 10.7 Å². The highest BCUT2D eigenvalue weighted by Crippen LogP contribution is 2.30. The number of hydrogen-bond donors (Lipinski definition) is 2. The average Bonchev–Trinajstić information content (AvgIpc) is 2.93. The number of aryl methyl sites for hydroxylation is 2. The van der Waals surface area contributed by atoms with E-state index in [0.717, 1.165) is 21.7 Å². The van der Waals surface area contributed by atoms with E-state index < -0.39 is 0 Å². The fraction of sp³-hybridized carbons (Fsp3) is 0.308. The Labute approximate surface area is 109 Å². The fourth-order valence-electron chi connectivity index (χ4n) is 2.40. The number of hydrogen-bond acceptors (Lipinski definition) is 2. The molecule has 3 N–H and O–H groups in total. The SMILES string of the molecule is NCc1nc(-c2ccc3c(c2)CCC3)c(Br)[nH]1. The normalized spacial score (nSPS) is 14.0. The van der Waals surface area contributed by atoms with Gasteiger partial charge in [0.15, 0.2) is 0 Å². The van der Waals surface area contributed by atoms with Gasteiger partial charge in [-0.2, -0.15) is 0 Å². The molecule has 0 atom stereocenters. The average molecular weight is 292 g/mol. The first-order valence-electron chi connectivity index (χ1n) is 5.84. The molecule has 0 saturated carbocycles. The third kappa shape index (κ3) is 1.91. The van der Waals surface area contributed by atoms with Gasteiger partial charge in [0.05, 0.1) is 6.54 Å². The molecule has 0 fully saturated rings. The quantitative estimate of drug-likeness (QED) is 0.894. The maximum Gasteiger partial charge on any atom is 0.121 e. The molecule has 0 saturated heterocycles. The Balaban J connectivity index is 2.06. The third-order valence-electron chi connectivity index (χ3n) is 3.27. The Kier molecular flexibility index (Phi) is 2.76. The van der Waals surface area contributed by atoms with Gasteiger partial charge in [-0.25, -0.2) is 4.98 Å². The second-order valence-electron chi connectivity index (χ2n) is 4.39. The van der Waals surface area contributed by atoms with Crippen molar-refractivity contribution >= 4 is 15.9 Å². The van der Waals surface area contributed by atoms with Gasteiger partial charge in [-0.1, -0.05) is 12.1 Å². The summed E-state index contributed by atoms with van der Waals surface area (Å²) in [4.78, 5) is 7.64. The second-order valence-corrected chi connectivity index (χ2v) is 5.18. The van der Waals surface area contributed by atoms with Crippen LogP contribution in [0.5, 0.6) is 0 Å². The zero-order valence-electron chi connectivity index (χ0n) is 9.46. The number of aromatic nitrogens is 2. The number of nitrogens with two attached hydrogens (primary N) is 1. The molecule has 1 aliphatic rings. The highest BCUT2D eigenvalue weighted by atomic mass is 79.9. The zero-order chi connectivity index (χ0) is 11.8. The predicted molar refractivity (Wildman–Crippen MR) is 71.6 cm³/mol. The topological polar surface area (TPSA) is 54.7 Å². The number of nitrogens with zero attached hydrogens (tertiary/aromatic N) is 1. The van der Waals surface area contributed by atoms with Gasteiger partial charge in [-0.05, 0) is 52.4 Å². The number of halogens is 1. The van der Waals surface area contributed by atoms with Crippen molar-refractivity contribution in [2.24, 2.45) is 5.73 Å². The number of imidazole rings is 1. The molecule has 88 valence electrons. The van der Waals surface area contributed by atoms with E-state index in [9.17, 15) is 0 Å². The van der Waals surface area contributed by atoms with E-state index in [1.807, 2.05) is 0 Å². The Morgan fingerprint density at radius 2 is 2.12 bits per heavy atom. The molecule has 4 heteroatoms. The maximum absolute atomic E-state index is 5.59. The molecule has 0 bridgehead atoms. The number of benzene rings is 1. The highest BCUT2D eigenvalue weighted by Gasteiger charge is 2.14. The first-order chi connectivity index (χ1) is 8.28. The number of aromatic amines is 1. The summed E-state index contributed by atoms with van der Waals surface area (Å²) >= 11 is 3.50. The van der Waals surface area contributed by atoms with Crippen LogP contribution in [0.25, 0.3) is 11.3 Å². The summed E-state index contributed by atoms with van der Waals surface area (Å²) < 4.78 is 0.913. The minimum Gasteiger partial charge on any atom is -0.335 e. The van der Waals surface area contributed by atoms with Crippen LogP contribution in [-0.2, 0) is 19.4 Å². The van der Waals surface area contributed by atoms with E-state index in [0.29, 0.717) is 6.54 Å². The summed E-state index contributed by atoms with van der Waals surface area (Å²) in [6.07, 6.45) is 3.68. The molecule has 1 aromatic heterocycles. The van der Waals surface area contributed by atoms with Gasteiger partial charge in [-0.3, -0.25) is 0 Å². The predicted octanol–water partition coefficient (Wildman–Crippen LogP) is 2.79. The maximum atomic E-state index is 5.59. The van der Waals surface area contributed by atoms with Gasteiger partial charge in [0.1, 0.15) is 16.1 Å². The Morgan fingerprint density at radius 1 is 1.29 bits per heavy atom. The molecule has 0 aliphatic heterocycles. The van der Waals surface area contributed by atoms with Gasteiger partial charge >= 0.3 is 0 Å². The minimum absolute atomic E-state index is 0.434. The molecule has 0 amide bonds. The number of H-pyrrole nitrogens is 1. The zero-order valence-corrected chi connectivity index (χ0v) is 11.0. The van der Waals surface area contributed by atoms with Crippen molar-refractivity contribution in [2.75, 3.05) is 0 Å². The molecule has 1 aliphatic carbocycles. The summed E-state index contributed by atoms with van der Waals surface area (Å²) in [5.74, 6) is 0.812. The van der Waals surface area contributed by atoms with Crippen molar-refractivity contribution in [3.8, 4) is 11.3 Å². The molecule has 0 radical (unpaired) electrons. The molecule has 17 heavy (non-hydrogen) atoms. The van der Waals surface area contributed by atoms with Crippen LogP contribution in [-0.4, -0.2) is 9.97 Å². The first kappa shape index (κ1) is 11.0. The van der Waals surface area contributed by atoms with E-state index in [4.69, 9.17) is 5.73 Å². The lowest BCUT2D eigenvalue weighted by molar-refractivity contribution is 0.912. The third-order valence-corrected chi connectivity index (χ3v) is 3.85. The van der Waals surface area contributed by atoms with Crippen molar-refractivity contribution in [3.63, 3.8) is 0 Å². The smallest absolute Gasteiger partial charge is 0.121 e. The lowest BCUT2D eigenvalue weighted by Gasteiger charge is -2.02. The highest BCUT2D eigenvalue weighted by molar-refractivity contribution is 9.10. The molecular formula is C13H14BrN3. The van der Waals surface area contributed by atoms with E-state index in [1.165, 1.54) is 30.4 Å². The van der Waals surface area contributed by atoms with Crippen LogP contribution in [0.3, 0.4) is 0 Å². The van der Waals surface area contributed by atoms with E-state index >= 15 is 0 Å². The van der Waals surface area contributed by atoms with Gasteiger partial charge in [-0.15, -0.1) is 0 Å². The number of rotatable bonds is 2. The van der Waals surface area contributed by atoms with Crippen LogP contribution in [0.4, 0.5) is 0 Å². The van der Waals surface area contributed by atoms with Gasteiger partial charge in [0.25, 0.3) is 0 Å². The Morgan fingerprint density at radius 3 is 2.88 bits per heavy atom. The van der Waals surface area contributed by atoms with Crippen LogP contribution in [0.2, 0.25) is 0 Å². The molecular weight excluding hydrogens is 278 g/mol. The Hall–Kier alpha value is -1.13. The van der Waals surface area contributed by atoms with E-state index in [2.05, 4.69) is 44.1 Å². The number of nitrogens with one attached hydrogen (secondary N) is 1. The van der Waals surface area contributed by atoms with Gasteiger partial charge in [0.2, 0.25) is 0 Å². The molecule has 1 aromatic carbocycles. The van der Waals surface area contributed by atoms with Crippen LogP contribution in [0.1, 0.15) is 23.4 Å². The fourth-order valence-corrected chi connectivity index (χ4v) is 2.95. The van der Waals surface area contributed by atoms with Crippen molar-refractivity contribution in [1.29, 1.82) is 0 Å². The molecule has 0 unspecified atom stereocenters. The molecule has 0 spiro atoms. The van der Waals surface area contributed by atoms with E-state index in [1.54, 1.807) is 0 Å². The standard InChI is InChI=1S/C13H14BrN3/c14-13-12(16-11(7-15)17-13)10-5-4-8-2-1-3-9(8)6-10/h4-6H,1-3,7,15H2,(H,16,17). The lowest BCUT2D eigenvalue weighted by atomic mass is 10.0. The summed E-state index contributed by atoms with van der Waals surface area (Å²) in [5.41, 5.74) is 10.7. The van der Waals surface area contributed by atoms with Gasteiger partial charge in [0, 0.05) is 5.56 Å². The summed E-state index contributed by atoms with van der Waals surface area (Å²) in [7, 11) is 0. The summed E-state index contributed by atoms with van der Waals surface area (Å²) in [6, 6.07) is 6.62. The van der Waals surface area contributed by atoms with Crippen molar-refractivity contribution in [1.82, 2.24) is 9.97 Å². The first-order valence-corrected chi connectivity index (χ1v) is 6.64. The van der Waals surface area contributed by atoms with Crippen molar-refractivity contribution in [3.05, 3.63) is 39.8 Å². The van der Waals surface area contributed by atoms with Crippen molar-refractivity contribution in [2.45, 2.75) is 25.8 Å². The Bertz CT molecular complexity index is 560. The lowest BCUT2D eigenvalue weighted by Crippen LogP contribution is -1.97. The molecule has 3 nitrogen and oxygen atoms in total. The minimum atomic E-state index is 0.434. The van der Waals surface area contributed by atoms with Crippen molar-refractivity contribution < 1.29 is 0 Å². The molecule has 2 aromatic rings. The van der Waals surface area contributed by atoms with Crippen LogP contribution in [0, 0.1) is 0 Å². The second kappa shape index (κ2) is 4.27. The van der Waals surface area contributed by atoms with Crippen LogP contribution in [0.15, 0.2) is 22.8 Å². The summed E-state index contributed by atoms with van der Waals surface area (Å²) in [5, 5.41) is 0.